The Morgan fingerprint density at radius 2 is 1.89 bits per heavy atom. The maximum atomic E-state index is 11.8. The number of sulfone groups is 1. The van der Waals surface area contributed by atoms with Crippen molar-refractivity contribution in [1.82, 2.24) is 5.32 Å². The molecule has 0 aromatic heterocycles. The third-order valence-electron chi connectivity index (χ3n) is 1.89. The Hall–Kier alpha value is -1.71. The normalized spacial score (nSPS) is 10.3. The molecule has 0 heterocycles. The average Bonchev–Trinajstić information content (AvgIpc) is 2.28. The Kier molecular flexibility index (Phi) is 5.01. The van der Waals surface area contributed by atoms with Gasteiger partial charge in [0.1, 0.15) is 5.75 Å². The lowest BCUT2D eigenvalue weighted by Crippen LogP contribution is -2.20. The van der Waals surface area contributed by atoms with Crippen molar-refractivity contribution in [2.24, 2.45) is 0 Å². The van der Waals surface area contributed by atoms with Crippen LogP contribution < -0.4 is 5.32 Å². The van der Waals surface area contributed by atoms with E-state index in [0.29, 0.717) is 5.02 Å². The van der Waals surface area contributed by atoms with E-state index < -0.39 is 15.9 Å². The molecular formula is C11H10ClNO4S. The third kappa shape index (κ3) is 4.65. The van der Waals surface area contributed by atoms with Gasteiger partial charge < -0.3 is 10.4 Å². The van der Waals surface area contributed by atoms with Crippen molar-refractivity contribution in [2.45, 2.75) is 4.90 Å². The van der Waals surface area contributed by atoms with E-state index in [1.54, 1.807) is 0 Å². The summed E-state index contributed by atoms with van der Waals surface area (Å²) in [4.78, 5) is 10.2. The van der Waals surface area contributed by atoms with Gasteiger partial charge in [-0.15, -0.1) is 0 Å². The fourth-order valence-electron chi connectivity index (χ4n) is 1.05. The highest BCUT2D eigenvalue weighted by molar-refractivity contribution is 7.91. The molecule has 0 fully saturated rings. The van der Waals surface area contributed by atoms with E-state index in [-0.39, 0.29) is 17.2 Å². The second kappa shape index (κ2) is 6.28. The van der Waals surface area contributed by atoms with Gasteiger partial charge in [-0.2, -0.15) is 0 Å². The monoisotopic (exact) mass is 287 g/mol. The van der Waals surface area contributed by atoms with Crippen LogP contribution in [0.25, 0.3) is 0 Å². The molecule has 7 heteroatoms. The van der Waals surface area contributed by atoms with Crippen molar-refractivity contribution in [3.63, 3.8) is 0 Å². The summed E-state index contributed by atoms with van der Waals surface area (Å²) in [6.45, 7) is -0.106. The molecule has 0 spiro atoms. The Bertz CT molecular complexity index is 584. The molecule has 0 bridgehead atoms. The summed E-state index contributed by atoms with van der Waals surface area (Å²) in [5.74, 6) is 4.44. The van der Waals surface area contributed by atoms with Crippen LogP contribution in [0.15, 0.2) is 29.2 Å². The lowest BCUT2D eigenvalue weighted by Gasteiger charge is -1.99. The predicted octanol–water partition coefficient (Wildman–Crippen LogP) is 1.38. The van der Waals surface area contributed by atoms with Crippen molar-refractivity contribution < 1.29 is 18.3 Å². The molecule has 0 aliphatic carbocycles. The van der Waals surface area contributed by atoms with Crippen LogP contribution in [0.4, 0.5) is 4.79 Å². The van der Waals surface area contributed by atoms with Crippen molar-refractivity contribution in [3.8, 4) is 11.8 Å². The van der Waals surface area contributed by atoms with Gasteiger partial charge >= 0.3 is 6.09 Å². The highest BCUT2D eigenvalue weighted by atomic mass is 35.5. The highest BCUT2D eigenvalue weighted by Gasteiger charge is 2.11. The zero-order valence-electron chi connectivity index (χ0n) is 9.18. The molecule has 1 aromatic carbocycles. The zero-order valence-corrected chi connectivity index (χ0v) is 10.8. The topological polar surface area (TPSA) is 83.5 Å². The molecule has 18 heavy (non-hydrogen) atoms. The van der Waals surface area contributed by atoms with Crippen LogP contribution in [0, 0.1) is 11.8 Å². The lowest BCUT2D eigenvalue weighted by atomic mass is 10.4. The first-order chi connectivity index (χ1) is 8.42. The highest BCUT2D eigenvalue weighted by Crippen LogP contribution is 2.14. The van der Waals surface area contributed by atoms with Gasteiger partial charge in [-0.05, 0) is 24.3 Å². The third-order valence-corrected chi connectivity index (χ3v) is 3.65. The first kappa shape index (κ1) is 14.4. The SMILES string of the molecule is O=C(O)NCC#CCS(=O)(=O)c1ccc(Cl)cc1. The molecule has 0 saturated carbocycles. The number of rotatable bonds is 3. The number of amides is 1. The summed E-state index contributed by atoms with van der Waals surface area (Å²) in [5.41, 5.74) is 0. The van der Waals surface area contributed by atoms with E-state index in [2.05, 4.69) is 11.8 Å². The maximum Gasteiger partial charge on any atom is 0.405 e. The van der Waals surface area contributed by atoms with Crippen LogP contribution in [0.3, 0.4) is 0 Å². The summed E-state index contributed by atoms with van der Waals surface area (Å²) in [5, 5.41) is 10.7. The van der Waals surface area contributed by atoms with Gasteiger partial charge in [0.2, 0.25) is 0 Å². The van der Waals surface area contributed by atoms with Crippen LogP contribution in [0.2, 0.25) is 5.02 Å². The van der Waals surface area contributed by atoms with E-state index in [4.69, 9.17) is 16.7 Å². The average molecular weight is 288 g/mol. The fraction of sp³-hybridized carbons (Fsp3) is 0.182. The van der Waals surface area contributed by atoms with Crippen LogP contribution >= 0.6 is 11.6 Å². The number of carbonyl (C=O) groups is 1. The summed E-state index contributed by atoms with van der Waals surface area (Å²) in [6.07, 6.45) is -1.20. The van der Waals surface area contributed by atoms with E-state index >= 15 is 0 Å². The van der Waals surface area contributed by atoms with E-state index in [0.717, 1.165) is 0 Å². The molecule has 0 unspecified atom stereocenters. The van der Waals surface area contributed by atoms with Crippen molar-refractivity contribution in [1.29, 1.82) is 0 Å². The second-order valence-corrected chi connectivity index (χ2v) is 5.65. The van der Waals surface area contributed by atoms with Crippen LogP contribution in [0.5, 0.6) is 0 Å². The molecule has 1 rings (SSSR count). The van der Waals surface area contributed by atoms with Gasteiger partial charge in [0, 0.05) is 5.02 Å². The van der Waals surface area contributed by atoms with Gasteiger partial charge in [-0.1, -0.05) is 23.4 Å². The Balaban J connectivity index is 2.65. The number of hydrogen-bond donors (Lipinski definition) is 2. The minimum absolute atomic E-state index is 0.106. The van der Waals surface area contributed by atoms with Crippen molar-refractivity contribution in [2.75, 3.05) is 12.3 Å². The molecule has 0 saturated heterocycles. The van der Waals surface area contributed by atoms with Crippen LogP contribution in [0.1, 0.15) is 0 Å². The number of halogens is 1. The number of carboxylic acid groups (broad SMARTS) is 1. The van der Waals surface area contributed by atoms with E-state index in [1.165, 1.54) is 24.3 Å². The van der Waals surface area contributed by atoms with E-state index in [9.17, 15) is 13.2 Å². The zero-order chi connectivity index (χ0) is 13.6. The largest absolute Gasteiger partial charge is 0.465 e. The van der Waals surface area contributed by atoms with Crippen molar-refractivity contribution in [3.05, 3.63) is 29.3 Å². The Morgan fingerprint density at radius 1 is 1.28 bits per heavy atom. The summed E-state index contributed by atoms with van der Waals surface area (Å²) < 4.78 is 23.5. The standard InChI is InChI=1S/C11H10ClNO4S/c12-9-3-5-10(6-4-9)18(16,17)8-2-1-7-13-11(14)15/h3-6,13H,7-8H2,(H,14,15). The lowest BCUT2D eigenvalue weighted by molar-refractivity contribution is 0.196. The fourth-order valence-corrected chi connectivity index (χ4v) is 2.19. The Labute approximate surface area is 110 Å². The van der Waals surface area contributed by atoms with Gasteiger partial charge in [0.05, 0.1) is 11.4 Å². The molecular weight excluding hydrogens is 278 g/mol. The molecule has 0 aliphatic rings. The molecule has 1 amide bonds. The summed E-state index contributed by atoms with van der Waals surface area (Å²) in [6, 6.07) is 5.76. The number of hydrogen-bond acceptors (Lipinski definition) is 3. The van der Waals surface area contributed by atoms with Gasteiger partial charge in [-0.3, -0.25) is 0 Å². The smallest absolute Gasteiger partial charge is 0.405 e. The van der Waals surface area contributed by atoms with Gasteiger partial charge in [0.15, 0.2) is 9.84 Å². The molecule has 5 nitrogen and oxygen atoms in total. The molecule has 1 aromatic rings. The Morgan fingerprint density at radius 3 is 2.44 bits per heavy atom. The van der Waals surface area contributed by atoms with Gasteiger partial charge in [0.25, 0.3) is 0 Å². The van der Waals surface area contributed by atoms with E-state index in [1.807, 2.05) is 5.32 Å². The summed E-state index contributed by atoms with van der Waals surface area (Å²) in [7, 11) is -3.49. The van der Waals surface area contributed by atoms with Crippen molar-refractivity contribution >= 4 is 27.5 Å². The molecule has 2 N–H and O–H groups in total. The number of nitrogens with one attached hydrogen (secondary N) is 1. The first-order valence-electron chi connectivity index (χ1n) is 4.82. The molecule has 0 atom stereocenters. The predicted molar refractivity (Wildman–Crippen MR) is 67.3 cm³/mol. The summed E-state index contributed by atoms with van der Waals surface area (Å²) >= 11 is 5.65. The van der Waals surface area contributed by atoms with Crippen LogP contribution in [-0.4, -0.2) is 31.9 Å². The van der Waals surface area contributed by atoms with Gasteiger partial charge in [-0.25, -0.2) is 13.2 Å². The minimum atomic E-state index is -3.49. The quantitative estimate of drug-likeness (QED) is 0.823. The minimum Gasteiger partial charge on any atom is -0.465 e. The molecule has 0 radical (unpaired) electrons. The molecule has 96 valence electrons. The number of benzene rings is 1. The second-order valence-electron chi connectivity index (χ2n) is 3.23. The first-order valence-corrected chi connectivity index (χ1v) is 6.86. The van der Waals surface area contributed by atoms with Crippen LogP contribution in [-0.2, 0) is 9.84 Å². The molecule has 0 aliphatic heterocycles. The maximum absolute atomic E-state index is 11.8.